The van der Waals surface area contributed by atoms with Crippen molar-refractivity contribution < 1.29 is 9.53 Å². The average molecular weight is 407 g/mol. The van der Waals surface area contributed by atoms with E-state index in [-0.39, 0.29) is 18.1 Å². The molecule has 158 valence electrons. The maximum atomic E-state index is 12.5. The lowest BCUT2D eigenvalue weighted by Gasteiger charge is -2.20. The number of rotatable bonds is 6. The second kappa shape index (κ2) is 9.76. The summed E-state index contributed by atoms with van der Waals surface area (Å²) in [5.74, 6) is 1.26. The van der Waals surface area contributed by atoms with E-state index in [0.29, 0.717) is 25.4 Å². The number of ether oxygens (including phenoxy) is 1. The van der Waals surface area contributed by atoms with Gasteiger partial charge in [0.05, 0.1) is 12.1 Å². The Morgan fingerprint density at radius 3 is 2.60 bits per heavy atom. The van der Waals surface area contributed by atoms with Crippen molar-refractivity contribution in [3.8, 4) is 0 Å². The number of hydrogen-bond acceptors (Lipinski definition) is 3. The first-order chi connectivity index (χ1) is 14.7. The van der Waals surface area contributed by atoms with Gasteiger partial charge in [0.1, 0.15) is 0 Å². The van der Waals surface area contributed by atoms with Crippen LogP contribution in [0.25, 0.3) is 0 Å². The number of amides is 1. The molecule has 1 amide bonds. The van der Waals surface area contributed by atoms with Crippen LogP contribution in [0.3, 0.4) is 0 Å². The second-order valence-corrected chi connectivity index (χ2v) is 7.86. The third kappa shape index (κ3) is 4.82. The van der Waals surface area contributed by atoms with Crippen LogP contribution >= 0.6 is 0 Å². The predicted molar refractivity (Wildman–Crippen MR) is 120 cm³/mol. The van der Waals surface area contributed by atoms with Gasteiger partial charge in [-0.25, -0.2) is 0 Å². The summed E-state index contributed by atoms with van der Waals surface area (Å²) in [6.07, 6.45) is 1.57. The van der Waals surface area contributed by atoms with E-state index in [2.05, 4.69) is 41.8 Å². The lowest BCUT2D eigenvalue weighted by atomic mass is 9.95. The predicted octanol–water partition coefficient (Wildman–Crippen LogP) is 3.12. The van der Waals surface area contributed by atoms with Crippen molar-refractivity contribution in [2.45, 2.75) is 31.9 Å². The van der Waals surface area contributed by atoms with E-state index < -0.39 is 0 Å². The third-order valence-corrected chi connectivity index (χ3v) is 5.70. The lowest BCUT2D eigenvalue weighted by molar-refractivity contribution is -0.117. The molecule has 6 nitrogen and oxygen atoms in total. The fourth-order valence-electron chi connectivity index (χ4n) is 4.22. The highest BCUT2D eigenvalue weighted by atomic mass is 16.5. The minimum Gasteiger partial charge on any atom is -0.373 e. The molecule has 4 rings (SSSR count). The van der Waals surface area contributed by atoms with Crippen molar-refractivity contribution in [3.63, 3.8) is 0 Å². The van der Waals surface area contributed by atoms with Crippen molar-refractivity contribution in [2.75, 3.05) is 31.1 Å². The van der Waals surface area contributed by atoms with Crippen LogP contribution in [0.2, 0.25) is 0 Å². The van der Waals surface area contributed by atoms with Gasteiger partial charge in [-0.15, -0.1) is 0 Å². The molecule has 0 radical (unpaired) electrons. The molecule has 0 bridgehead atoms. The Morgan fingerprint density at radius 2 is 1.87 bits per heavy atom. The zero-order chi connectivity index (χ0) is 20.8. The Bertz CT molecular complexity index is 856. The molecule has 0 spiro atoms. The van der Waals surface area contributed by atoms with E-state index in [1.54, 1.807) is 0 Å². The third-order valence-electron chi connectivity index (χ3n) is 5.70. The molecule has 0 aromatic heterocycles. The number of carbonyl (C=O) groups is 1. The lowest BCUT2D eigenvalue weighted by Crippen LogP contribution is -2.45. The van der Waals surface area contributed by atoms with Gasteiger partial charge in [0.2, 0.25) is 5.91 Å². The van der Waals surface area contributed by atoms with Crippen molar-refractivity contribution >= 4 is 17.6 Å². The fraction of sp³-hybridized carbons (Fsp3) is 0.417. The average Bonchev–Trinajstić information content (AvgIpc) is 3.40. The number of nitrogens with one attached hydrogen (secondary N) is 2. The maximum Gasteiger partial charge on any atom is 0.229 e. The molecule has 2 aliphatic rings. The summed E-state index contributed by atoms with van der Waals surface area (Å²) in [6.45, 7) is 4.94. The Morgan fingerprint density at radius 1 is 1.13 bits per heavy atom. The van der Waals surface area contributed by atoms with Crippen LogP contribution in [0.15, 0.2) is 65.7 Å². The van der Waals surface area contributed by atoms with Crippen LogP contribution in [0, 0.1) is 5.92 Å². The summed E-state index contributed by atoms with van der Waals surface area (Å²) < 4.78 is 5.99. The topological polar surface area (TPSA) is 66.0 Å². The number of guanidine groups is 1. The number of aliphatic imine (C=N–C) groups is 1. The summed E-state index contributed by atoms with van der Waals surface area (Å²) >= 11 is 0. The van der Waals surface area contributed by atoms with Crippen LogP contribution in [0.5, 0.6) is 0 Å². The molecule has 0 aliphatic carbocycles. The van der Waals surface area contributed by atoms with Gasteiger partial charge in [-0.05, 0) is 31.0 Å². The molecule has 3 atom stereocenters. The number of benzene rings is 2. The summed E-state index contributed by atoms with van der Waals surface area (Å²) in [6, 6.07) is 20.3. The number of nitrogens with zero attached hydrogens (tertiary/aromatic N) is 2. The van der Waals surface area contributed by atoms with Crippen LogP contribution in [0.1, 0.15) is 31.4 Å². The molecule has 2 aromatic rings. The first-order valence-electron chi connectivity index (χ1n) is 10.8. The summed E-state index contributed by atoms with van der Waals surface area (Å²) in [5.41, 5.74) is 2.16. The monoisotopic (exact) mass is 406 g/mol. The Kier molecular flexibility index (Phi) is 6.64. The Balaban J connectivity index is 1.39. The van der Waals surface area contributed by atoms with E-state index in [0.717, 1.165) is 31.2 Å². The molecule has 2 aliphatic heterocycles. The standard InChI is InChI=1S/C24H30N4O2/c1-2-25-24(26-16-19-13-14-30-23(19)18-9-5-3-6-10-18)27-20-15-22(29)28(17-20)21-11-7-4-8-12-21/h3-12,19-20,23H,2,13-17H2,1H3,(H2,25,26,27). The highest BCUT2D eigenvalue weighted by Gasteiger charge is 2.32. The highest BCUT2D eigenvalue weighted by Crippen LogP contribution is 2.34. The second-order valence-electron chi connectivity index (χ2n) is 7.86. The minimum absolute atomic E-state index is 0.0419. The molecule has 6 heteroatoms. The molecule has 2 N–H and O–H groups in total. The molecule has 2 heterocycles. The zero-order valence-electron chi connectivity index (χ0n) is 17.5. The van der Waals surface area contributed by atoms with Crippen LogP contribution in [0.4, 0.5) is 5.69 Å². The van der Waals surface area contributed by atoms with Crippen molar-refractivity contribution in [1.29, 1.82) is 0 Å². The van der Waals surface area contributed by atoms with Crippen molar-refractivity contribution in [2.24, 2.45) is 10.9 Å². The maximum absolute atomic E-state index is 12.5. The number of anilines is 1. The van der Waals surface area contributed by atoms with Crippen LogP contribution in [-0.2, 0) is 9.53 Å². The number of para-hydroxylation sites is 1. The normalized spacial score (nSPS) is 24.3. The van der Waals surface area contributed by atoms with Crippen LogP contribution in [-0.4, -0.2) is 44.1 Å². The zero-order valence-corrected chi connectivity index (χ0v) is 17.5. The Labute approximate surface area is 178 Å². The quantitative estimate of drug-likeness (QED) is 0.571. The van der Waals surface area contributed by atoms with Gasteiger partial charge in [0.25, 0.3) is 0 Å². The van der Waals surface area contributed by atoms with Crippen molar-refractivity contribution in [3.05, 3.63) is 66.2 Å². The largest absolute Gasteiger partial charge is 0.373 e. The van der Waals surface area contributed by atoms with Gasteiger partial charge in [-0.1, -0.05) is 48.5 Å². The number of hydrogen-bond donors (Lipinski definition) is 2. The molecular formula is C24H30N4O2. The van der Waals surface area contributed by atoms with Crippen molar-refractivity contribution in [1.82, 2.24) is 10.6 Å². The van der Waals surface area contributed by atoms with E-state index in [4.69, 9.17) is 9.73 Å². The fourth-order valence-corrected chi connectivity index (χ4v) is 4.22. The summed E-state index contributed by atoms with van der Waals surface area (Å²) in [5, 5.41) is 6.79. The van der Waals surface area contributed by atoms with E-state index in [9.17, 15) is 4.79 Å². The molecule has 2 aromatic carbocycles. The molecule has 30 heavy (non-hydrogen) atoms. The first-order valence-corrected chi connectivity index (χ1v) is 10.8. The molecule has 3 unspecified atom stereocenters. The SMILES string of the molecule is CCNC(=NCC1CCOC1c1ccccc1)NC1CC(=O)N(c2ccccc2)C1. The van der Waals surface area contributed by atoms with Gasteiger partial charge in [-0.2, -0.15) is 0 Å². The van der Waals surface area contributed by atoms with Gasteiger partial charge < -0.3 is 20.3 Å². The summed E-state index contributed by atoms with van der Waals surface area (Å²) in [4.78, 5) is 19.2. The van der Waals surface area contributed by atoms with Gasteiger partial charge >= 0.3 is 0 Å². The first kappa shape index (κ1) is 20.4. The van der Waals surface area contributed by atoms with Gasteiger partial charge in [0, 0.05) is 44.3 Å². The Hall–Kier alpha value is -2.86. The van der Waals surface area contributed by atoms with E-state index in [1.165, 1.54) is 5.56 Å². The van der Waals surface area contributed by atoms with Crippen LogP contribution < -0.4 is 15.5 Å². The smallest absolute Gasteiger partial charge is 0.229 e. The van der Waals surface area contributed by atoms with E-state index in [1.807, 2.05) is 41.3 Å². The van der Waals surface area contributed by atoms with Gasteiger partial charge in [0.15, 0.2) is 5.96 Å². The molecular weight excluding hydrogens is 376 g/mol. The molecule has 2 saturated heterocycles. The highest BCUT2D eigenvalue weighted by molar-refractivity contribution is 5.97. The van der Waals surface area contributed by atoms with Gasteiger partial charge in [-0.3, -0.25) is 9.79 Å². The number of carbonyl (C=O) groups excluding carboxylic acids is 1. The molecule has 2 fully saturated rings. The van der Waals surface area contributed by atoms with E-state index >= 15 is 0 Å². The molecule has 0 saturated carbocycles. The summed E-state index contributed by atoms with van der Waals surface area (Å²) in [7, 11) is 0. The minimum atomic E-state index is 0.0419.